The first-order chi connectivity index (χ1) is 12.0. The van der Waals surface area contributed by atoms with Crippen molar-refractivity contribution in [3.8, 4) is 11.3 Å². The van der Waals surface area contributed by atoms with E-state index in [1.54, 1.807) is 31.2 Å². The highest BCUT2D eigenvalue weighted by molar-refractivity contribution is 6.42. The van der Waals surface area contributed by atoms with Crippen LogP contribution in [0.15, 0.2) is 59.0 Å². The number of hydrogen-bond acceptors (Lipinski definition) is 2. The van der Waals surface area contributed by atoms with Crippen LogP contribution in [0.25, 0.3) is 11.3 Å². The van der Waals surface area contributed by atoms with Crippen molar-refractivity contribution in [1.82, 2.24) is 5.32 Å². The Bertz CT molecular complexity index is 903. The quantitative estimate of drug-likeness (QED) is 0.604. The smallest absolute Gasteiger partial charge is 0.255 e. The summed E-state index contributed by atoms with van der Waals surface area (Å²) in [5, 5.41) is 3.91. The van der Waals surface area contributed by atoms with Gasteiger partial charge in [-0.15, -0.1) is 0 Å². The van der Waals surface area contributed by atoms with E-state index >= 15 is 0 Å². The Labute approximate surface area is 156 Å². The number of carbonyl (C=O) groups excluding carboxylic acids is 1. The van der Waals surface area contributed by atoms with Gasteiger partial charge in [-0.3, -0.25) is 4.79 Å². The Kier molecular flexibility index (Phi) is 5.16. The fourth-order valence-corrected chi connectivity index (χ4v) is 2.90. The molecule has 1 heterocycles. The number of furan rings is 1. The van der Waals surface area contributed by atoms with Crippen LogP contribution in [-0.4, -0.2) is 5.91 Å². The molecule has 2 aromatic carbocycles. The predicted molar refractivity (Wildman–Crippen MR) is 101 cm³/mol. The molecule has 1 N–H and O–H groups in total. The van der Waals surface area contributed by atoms with Crippen LogP contribution in [0.5, 0.6) is 0 Å². The molecule has 0 aliphatic rings. The van der Waals surface area contributed by atoms with E-state index in [2.05, 4.69) is 5.32 Å². The number of nitrogens with one attached hydrogen (secondary N) is 1. The Morgan fingerprint density at radius 1 is 1.04 bits per heavy atom. The van der Waals surface area contributed by atoms with Crippen molar-refractivity contribution in [1.29, 1.82) is 0 Å². The van der Waals surface area contributed by atoms with Crippen LogP contribution in [0.3, 0.4) is 0 Å². The van der Waals surface area contributed by atoms with Crippen LogP contribution in [-0.2, 0) is 0 Å². The minimum Gasteiger partial charge on any atom is -0.461 e. The maximum Gasteiger partial charge on any atom is 0.255 e. The standard InChI is InChI=1S/C20H17Cl2NO2/c1-12(14-6-4-3-5-7-14)23-20(24)16-11-19(25-13(16)2)15-8-9-17(21)18(22)10-15/h3-12H,1-2H3,(H,23,24). The molecule has 3 rings (SSSR count). The van der Waals surface area contributed by atoms with E-state index in [0.29, 0.717) is 27.1 Å². The van der Waals surface area contributed by atoms with Gasteiger partial charge in [0.25, 0.3) is 5.91 Å². The second kappa shape index (κ2) is 7.34. The highest BCUT2D eigenvalue weighted by atomic mass is 35.5. The van der Waals surface area contributed by atoms with E-state index < -0.39 is 0 Å². The van der Waals surface area contributed by atoms with Crippen molar-refractivity contribution < 1.29 is 9.21 Å². The number of amides is 1. The number of benzene rings is 2. The van der Waals surface area contributed by atoms with Gasteiger partial charge >= 0.3 is 0 Å². The maximum absolute atomic E-state index is 12.6. The molecule has 0 aliphatic carbocycles. The van der Waals surface area contributed by atoms with Crippen LogP contribution in [0.2, 0.25) is 10.0 Å². The van der Waals surface area contributed by atoms with Crippen LogP contribution in [0, 0.1) is 6.92 Å². The SMILES string of the molecule is Cc1oc(-c2ccc(Cl)c(Cl)c2)cc1C(=O)NC(C)c1ccccc1. The van der Waals surface area contributed by atoms with Crippen molar-refractivity contribution >= 4 is 29.1 Å². The average Bonchev–Trinajstić information content (AvgIpc) is 3.00. The lowest BCUT2D eigenvalue weighted by molar-refractivity contribution is 0.0938. The lowest BCUT2D eigenvalue weighted by Crippen LogP contribution is -2.26. The molecule has 1 amide bonds. The molecule has 0 radical (unpaired) electrons. The van der Waals surface area contributed by atoms with Gasteiger partial charge < -0.3 is 9.73 Å². The number of carbonyl (C=O) groups is 1. The molecule has 5 heteroatoms. The van der Waals surface area contributed by atoms with Crippen molar-refractivity contribution in [2.45, 2.75) is 19.9 Å². The van der Waals surface area contributed by atoms with Gasteiger partial charge in [0.1, 0.15) is 11.5 Å². The first kappa shape index (κ1) is 17.6. The highest BCUT2D eigenvalue weighted by Gasteiger charge is 2.18. The molecule has 3 aromatic rings. The summed E-state index contributed by atoms with van der Waals surface area (Å²) >= 11 is 12.0. The van der Waals surface area contributed by atoms with Gasteiger partial charge in [0.05, 0.1) is 21.7 Å². The van der Waals surface area contributed by atoms with E-state index in [4.69, 9.17) is 27.6 Å². The molecule has 0 bridgehead atoms. The minimum atomic E-state index is -0.177. The number of hydrogen-bond donors (Lipinski definition) is 1. The molecule has 0 fully saturated rings. The molecular formula is C20H17Cl2NO2. The molecule has 0 spiro atoms. The van der Waals surface area contributed by atoms with Crippen LogP contribution in [0.1, 0.15) is 34.6 Å². The van der Waals surface area contributed by atoms with Gasteiger partial charge in [0.2, 0.25) is 0 Å². The zero-order chi connectivity index (χ0) is 18.0. The fourth-order valence-electron chi connectivity index (χ4n) is 2.60. The second-order valence-corrected chi connectivity index (χ2v) is 6.63. The molecule has 128 valence electrons. The van der Waals surface area contributed by atoms with Gasteiger partial charge in [-0.1, -0.05) is 53.5 Å². The Morgan fingerprint density at radius 3 is 2.44 bits per heavy atom. The Hall–Kier alpha value is -2.23. The van der Waals surface area contributed by atoms with E-state index in [1.807, 2.05) is 37.3 Å². The van der Waals surface area contributed by atoms with Crippen LogP contribution >= 0.6 is 23.2 Å². The van der Waals surface area contributed by atoms with Crippen molar-refractivity contribution in [2.24, 2.45) is 0 Å². The predicted octanol–water partition coefficient (Wildman–Crippen LogP) is 6.05. The average molecular weight is 374 g/mol. The number of rotatable bonds is 4. The summed E-state index contributed by atoms with van der Waals surface area (Å²) in [5.74, 6) is 0.955. The van der Waals surface area contributed by atoms with Crippen LogP contribution < -0.4 is 5.32 Å². The summed E-state index contributed by atoms with van der Waals surface area (Å²) in [4.78, 5) is 12.6. The highest BCUT2D eigenvalue weighted by Crippen LogP contribution is 2.31. The fraction of sp³-hybridized carbons (Fsp3) is 0.150. The third-order valence-corrected chi connectivity index (χ3v) is 4.75. The van der Waals surface area contributed by atoms with Crippen molar-refractivity contribution in [3.05, 3.63) is 81.5 Å². The first-order valence-electron chi connectivity index (χ1n) is 7.87. The molecule has 0 saturated carbocycles. The van der Waals surface area contributed by atoms with Crippen molar-refractivity contribution in [2.75, 3.05) is 0 Å². The van der Waals surface area contributed by atoms with Gasteiger partial charge in [-0.2, -0.15) is 0 Å². The Morgan fingerprint density at radius 2 is 1.76 bits per heavy atom. The lowest BCUT2D eigenvalue weighted by Gasteiger charge is -2.13. The Balaban J connectivity index is 1.82. The summed E-state index contributed by atoms with van der Waals surface area (Å²) in [6, 6.07) is 16.7. The lowest BCUT2D eigenvalue weighted by atomic mass is 10.1. The zero-order valence-electron chi connectivity index (χ0n) is 13.8. The largest absolute Gasteiger partial charge is 0.461 e. The van der Waals surface area contributed by atoms with Gasteiger partial charge in [-0.25, -0.2) is 0 Å². The third kappa shape index (κ3) is 3.89. The van der Waals surface area contributed by atoms with Gasteiger partial charge in [0, 0.05) is 5.56 Å². The molecule has 1 atom stereocenters. The summed E-state index contributed by atoms with van der Waals surface area (Å²) in [7, 11) is 0. The second-order valence-electron chi connectivity index (χ2n) is 5.82. The van der Waals surface area contributed by atoms with Gasteiger partial charge in [0.15, 0.2) is 0 Å². The summed E-state index contributed by atoms with van der Waals surface area (Å²) in [5.41, 5.74) is 2.32. The van der Waals surface area contributed by atoms with E-state index in [0.717, 1.165) is 11.1 Å². The normalized spacial score (nSPS) is 12.0. The number of halogens is 2. The number of aryl methyl sites for hydroxylation is 1. The summed E-state index contributed by atoms with van der Waals surface area (Å²) in [6.45, 7) is 3.71. The summed E-state index contributed by atoms with van der Waals surface area (Å²) < 4.78 is 5.74. The monoisotopic (exact) mass is 373 g/mol. The van der Waals surface area contributed by atoms with E-state index in [9.17, 15) is 4.79 Å². The topological polar surface area (TPSA) is 42.2 Å². The molecule has 1 aromatic heterocycles. The maximum atomic E-state index is 12.6. The van der Waals surface area contributed by atoms with Crippen molar-refractivity contribution in [3.63, 3.8) is 0 Å². The zero-order valence-corrected chi connectivity index (χ0v) is 15.4. The van der Waals surface area contributed by atoms with E-state index in [1.165, 1.54) is 0 Å². The summed E-state index contributed by atoms with van der Waals surface area (Å²) in [6.07, 6.45) is 0. The van der Waals surface area contributed by atoms with Gasteiger partial charge in [-0.05, 0) is 43.7 Å². The van der Waals surface area contributed by atoms with E-state index in [-0.39, 0.29) is 11.9 Å². The first-order valence-corrected chi connectivity index (χ1v) is 8.63. The molecule has 1 unspecified atom stereocenters. The molecule has 25 heavy (non-hydrogen) atoms. The minimum absolute atomic E-state index is 0.101. The molecular weight excluding hydrogens is 357 g/mol. The molecule has 0 saturated heterocycles. The van der Waals surface area contributed by atoms with Crippen LogP contribution in [0.4, 0.5) is 0 Å². The third-order valence-electron chi connectivity index (χ3n) is 4.01. The molecule has 3 nitrogen and oxygen atoms in total. The molecule has 0 aliphatic heterocycles.